The highest BCUT2D eigenvalue weighted by molar-refractivity contribution is 5.91. The van der Waals surface area contributed by atoms with Crippen LogP contribution in [0.15, 0.2) is 47.2 Å². The Morgan fingerprint density at radius 1 is 1.26 bits per heavy atom. The van der Waals surface area contributed by atoms with Crippen molar-refractivity contribution in [1.29, 1.82) is 0 Å². The highest BCUT2D eigenvalue weighted by Gasteiger charge is 2.02. The van der Waals surface area contributed by atoms with Gasteiger partial charge in [-0.2, -0.15) is 0 Å². The van der Waals surface area contributed by atoms with E-state index < -0.39 is 0 Å². The summed E-state index contributed by atoms with van der Waals surface area (Å²) in [7, 11) is 0. The van der Waals surface area contributed by atoms with E-state index in [0.717, 1.165) is 11.3 Å². The highest BCUT2D eigenvalue weighted by Crippen LogP contribution is 2.15. The summed E-state index contributed by atoms with van der Waals surface area (Å²) in [6.45, 7) is 3.98. The lowest BCUT2D eigenvalue weighted by molar-refractivity contribution is 0.255. The van der Waals surface area contributed by atoms with Gasteiger partial charge in [0.25, 0.3) is 0 Å². The summed E-state index contributed by atoms with van der Waals surface area (Å²) in [5, 5.41) is 5.41. The molecule has 2 aromatic rings. The molecule has 0 aliphatic rings. The lowest BCUT2D eigenvalue weighted by atomic mass is 10.1. The predicted molar refractivity (Wildman–Crippen MR) is 75.8 cm³/mol. The Morgan fingerprint density at radius 3 is 2.79 bits per heavy atom. The summed E-state index contributed by atoms with van der Waals surface area (Å²) >= 11 is 0. The molecule has 2 rings (SSSR count). The molecule has 4 heteroatoms. The molecule has 0 fully saturated rings. The molecular weight excluding hydrogens is 240 g/mol. The third-order valence-corrected chi connectivity index (χ3v) is 2.64. The van der Waals surface area contributed by atoms with Crippen molar-refractivity contribution in [2.45, 2.75) is 13.8 Å². The summed E-state index contributed by atoms with van der Waals surface area (Å²) in [5.74, 6) is 0.687. The zero-order chi connectivity index (χ0) is 13.7. The third-order valence-electron chi connectivity index (χ3n) is 2.64. The molecule has 98 valence electrons. The molecule has 2 N–H and O–H groups in total. The Labute approximate surface area is 112 Å². The van der Waals surface area contributed by atoms with Gasteiger partial charge in [-0.05, 0) is 43.7 Å². The summed E-state index contributed by atoms with van der Waals surface area (Å²) in [4.78, 5) is 11.7. The van der Waals surface area contributed by atoms with Gasteiger partial charge < -0.3 is 15.1 Å². The summed E-state index contributed by atoms with van der Waals surface area (Å²) in [5.41, 5.74) is 3.00. The van der Waals surface area contributed by atoms with Crippen LogP contribution in [0, 0.1) is 13.8 Å². The van der Waals surface area contributed by atoms with Crippen molar-refractivity contribution in [3.05, 3.63) is 59.7 Å². The van der Waals surface area contributed by atoms with Gasteiger partial charge in [-0.15, -0.1) is 0 Å². The second-order valence-electron chi connectivity index (χ2n) is 4.27. The van der Waals surface area contributed by atoms with Crippen molar-refractivity contribution in [1.82, 2.24) is 5.32 Å². The van der Waals surface area contributed by atoms with E-state index >= 15 is 0 Å². The van der Waals surface area contributed by atoms with Crippen LogP contribution in [0.4, 0.5) is 10.5 Å². The molecule has 0 saturated heterocycles. The largest absolute Gasteiger partial charge is 0.465 e. The van der Waals surface area contributed by atoms with Crippen LogP contribution in [-0.4, -0.2) is 6.03 Å². The molecule has 4 nitrogen and oxygen atoms in total. The first-order valence-electron chi connectivity index (χ1n) is 6.00. The molecule has 1 heterocycles. The van der Waals surface area contributed by atoms with E-state index in [1.807, 2.05) is 32.0 Å². The van der Waals surface area contributed by atoms with Crippen LogP contribution < -0.4 is 10.6 Å². The Morgan fingerprint density at radius 2 is 2.11 bits per heavy atom. The lowest BCUT2D eigenvalue weighted by Crippen LogP contribution is -2.24. The Bertz CT molecular complexity index is 586. The maximum atomic E-state index is 11.7. The molecule has 0 saturated carbocycles. The first-order valence-corrected chi connectivity index (χ1v) is 6.00. The second-order valence-corrected chi connectivity index (χ2v) is 4.27. The van der Waals surface area contributed by atoms with E-state index in [2.05, 4.69) is 10.6 Å². The standard InChI is InChI=1S/C15H16N2O2/c1-11-5-6-14(12(2)10-11)17-15(18)16-8-7-13-4-3-9-19-13/h3-10H,1-2H3,(H2,16,17,18)/b8-7+. The minimum atomic E-state index is -0.283. The Kier molecular flexibility index (Phi) is 4.03. The van der Waals surface area contributed by atoms with Gasteiger partial charge in [0.05, 0.1) is 6.26 Å². The minimum absolute atomic E-state index is 0.283. The molecular formula is C15H16N2O2. The van der Waals surface area contributed by atoms with E-state index in [1.54, 1.807) is 24.5 Å². The Balaban J connectivity index is 1.91. The molecule has 0 bridgehead atoms. The van der Waals surface area contributed by atoms with Crippen LogP contribution in [0.5, 0.6) is 0 Å². The summed E-state index contributed by atoms with van der Waals surface area (Å²) in [6, 6.07) is 9.18. The fourth-order valence-corrected chi connectivity index (χ4v) is 1.70. The number of nitrogens with one attached hydrogen (secondary N) is 2. The van der Waals surface area contributed by atoms with Crippen LogP contribution in [0.1, 0.15) is 16.9 Å². The van der Waals surface area contributed by atoms with Gasteiger partial charge in [-0.25, -0.2) is 4.79 Å². The Hall–Kier alpha value is -2.49. The highest BCUT2D eigenvalue weighted by atomic mass is 16.3. The molecule has 0 unspecified atom stereocenters. The average Bonchev–Trinajstić information content (AvgIpc) is 2.86. The van der Waals surface area contributed by atoms with E-state index in [0.29, 0.717) is 5.76 Å². The number of urea groups is 1. The topological polar surface area (TPSA) is 54.3 Å². The number of benzene rings is 1. The molecule has 0 aliphatic heterocycles. The van der Waals surface area contributed by atoms with Gasteiger partial charge in [-0.1, -0.05) is 17.7 Å². The summed E-state index contributed by atoms with van der Waals surface area (Å²) in [6.07, 6.45) is 4.80. The van der Waals surface area contributed by atoms with Crippen LogP contribution in [-0.2, 0) is 0 Å². The molecule has 19 heavy (non-hydrogen) atoms. The van der Waals surface area contributed by atoms with E-state index in [9.17, 15) is 4.79 Å². The molecule has 0 spiro atoms. The zero-order valence-corrected chi connectivity index (χ0v) is 10.9. The maximum Gasteiger partial charge on any atom is 0.323 e. The fourth-order valence-electron chi connectivity index (χ4n) is 1.70. The van der Waals surface area contributed by atoms with Crippen molar-refractivity contribution < 1.29 is 9.21 Å². The van der Waals surface area contributed by atoms with E-state index in [1.165, 1.54) is 11.8 Å². The first-order chi connectivity index (χ1) is 9.15. The number of furan rings is 1. The van der Waals surface area contributed by atoms with Gasteiger partial charge in [0.1, 0.15) is 5.76 Å². The van der Waals surface area contributed by atoms with Gasteiger partial charge >= 0.3 is 6.03 Å². The molecule has 2 amide bonds. The zero-order valence-electron chi connectivity index (χ0n) is 10.9. The second kappa shape index (κ2) is 5.91. The van der Waals surface area contributed by atoms with Gasteiger partial charge in [-0.3, -0.25) is 0 Å². The third kappa shape index (κ3) is 3.74. The number of carbonyl (C=O) groups excluding carboxylic acids is 1. The van der Waals surface area contributed by atoms with Gasteiger partial charge in [0.2, 0.25) is 0 Å². The molecule has 1 aromatic heterocycles. The normalized spacial score (nSPS) is 10.6. The number of carbonyl (C=O) groups is 1. The summed E-state index contributed by atoms with van der Waals surface area (Å²) < 4.78 is 5.11. The van der Waals surface area contributed by atoms with Crippen molar-refractivity contribution in [2.75, 3.05) is 5.32 Å². The van der Waals surface area contributed by atoms with E-state index in [-0.39, 0.29) is 6.03 Å². The van der Waals surface area contributed by atoms with Crippen molar-refractivity contribution >= 4 is 17.8 Å². The SMILES string of the molecule is Cc1ccc(NC(=O)N/C=C/c2ccco2)c(C)c1. The lowest BCUT2D eigenvalue weighted by Gasteiger charge is -2.08. The van der Waals surface area contributed by atoms with Crippen molar-refractivity contribution in [2.24, 2.45) is 0 Å². The molecule has 0 atom stereocenters. The maximum absolute atomic E-state index is 11.7. The van der Waals surface area contributed by atoms with Crippen molar-refractivity contribution in [3.63, 3.8) is 0 Å². The fraction of sp³-hybridized carbons (Fsp3) is 0.133. The first kappa shape index (κ1) is 13.0. The quantitative estimate of drug-likeness (QED) is 0.880. The average molecular weight is 256 g/mol. The molecule has 1 aromatic carbocycles. The number of hydrogen-bond acceptors (Lipinski definition) is 2. The van der Waals surface area contributed by atoms with Gasteiger partial charge in [0, 0.05) is 11.9 Å². The number of hydrogen-bond donors (Lipinski definition) is 2. The van der Waals surface area contributed by atoms with Crippen LogP contribution in [0.2, 0.25) is 0 Å². The van der Waals surface area contributed by atoms with Gasteiger partial charge in [0.15, 0.2) is 0 Å². The smallest absolute Gasteiger partial charge is 0.323 e. The molecule has 0 radical (unpaired) electrons. The van der Waals surface area contributed by atoms with Crippen LogP contribution in [0.25, 0.3) is 6.08 Å². The number of rotatable bonds is 3. The number of anilines is 1. The monoisotopic (exact) mass is 256 g/mol. The van der Waals surface area contributed by atoms with Crippen molar-refractivity contribution in [3.8, 4) is 0 Å². The number of amides is 2. The predicted octanol–water partition coefficient (Wildman–Crippen LogP) is 3.69. The minimum Gasteiger partial charge on any atom is -0.465 e. The van der Waals surface area contributed by atoms with Crippen LogP contribution >= 0.6 is 0 Å². The molecule has 0 aliphatic carbocycles. The van der Waals surface area contributed by atoms with Crippen LogP contribution in [0.3, 0.4) is 0 Å². The number of aryl methyl sites for hydroxylation is 2. The van der Waals surface area contributed by atoms with E-state index in [4.69, 9.17) is 4.42 Å².